The van der Waals surface area contributed by atoms with E-state index in [1.807, 2.05) is 43.3 Å². The zero-order valence-corrected chi connectivity index (χ0v) is 20.6. The summed E-state index contributed by atoms with van der Waals surface area (Å²) < 4.78 is 29.3. The molecule has 2 aromatic carbocycles. The molecule has 2 amide bonds. The number of hydrogen-bond acceptors (Lipinski definition) is 5. The monoisotopic (exact) mass is 508 g/mol. The molecule has 5 rings (SSSR count). The smallest absolute Gasteiger partial charge is 0.243 e. The molecule has 3 aromatic rings. The molecule has 1 aliphatic heterocycles. The van der Waals surface area contributed by atoms with E-state index in [0.29, 0.717) is 23.5 Å². The Morgan fingerprint density at radius 1 is 1.14 bits per heavy atom. The van der Waals surface area contributed by atoms with E-state index in [9.17, 15) is 18.4 Å². The van der Waals surface area contributed by atoms with Gasteiger partial charge in [0.25, 0.3) is 0 Å². The number of aryl methyl sites for hydroxylation is 1. The van der Waals surface area contributed by atoms with Gasteiger partial charge in [-0.15, -0.1) is 5.10 Å². The molecule has 1 aliphatic carbocycles. The molecule has 194 valence electrons. The third-order valence-electron chi connectivity index (χ3n) is 6.91. The van der Waals surface area contributed by atoms with Gasteiger partial charge in [-0.2, -0.15) is 9.90 Å². The summed E-state index contributed by atoms with van der Waals surface area (Å²) in [6, 6.07) is 12.7. The fourth-order valence-corrected chi connectivity index (χ4v) is 4.80. The normalized spacial score (nSPS) is 20.0. The molecule has 2 N–H and O–H groups in total. The van der Waals surface area contributed by atoms with Gasteiger partial charge in [-0.05, 0) is 48.4 Å². The highest BCUT2D eigenvalue weighted by atomic mass is 19.1. The summed E-state index contributed by atoms with van der Waals surface area (Å²) in [5.74, 6) is -0.498. The molecular formula is C27H30F2N6O2. The third kappa shape index (κ3) is 5.63. The van der Waals surface area contributed by atoms with Crippen LogP contribution in [0.4, 0.5) is 14.6 Å². The predicted octanol–water partition coefficient (Wildman–Crippen LogP) is 3.57. The summed E-state index contributed by atoms with van der Waals surface area (Å²) in [5.41, 5.74) is 2.05. The maximum absolute atomic E-state index is 14.9. The lowest BCUT2D eigenvalue weighted by atomic mass is 9.96. The van der Waals surface area contributed by atoms with Gasteiger partial charge in [-0.25, -0.2) is 8.78 Å². The summed E-state index contributed by atoms with van der Waals surface area (Å²) in [6.45, 7) is 2.17. The topological polar surface area (TPSA) is 92.2 Å². The van der Waals surface area contributed by atoms with Gasteiger partial charge in [0.15, 0.2) is 5.82 Å². The van der Waals surface area contributed by atoms with Crippen molar-refractivity contribution in [3.8, 4) is 0 Å². The maximum atomic E-state index is 14.9. The zero-order chi connectivity index (χ0) is 25.9. The number of rotatable bonds is 9. The van der Waals surface area contributed by atoms with Crippen molar-refractivity contribution in [1.29, 1.82) is 0 Å². The van der Waals surface area contributed by atoms with Crippen molar-refractivity contribution in [3.63, 3.8) is 0 Å². The second kappa shape index (κ2) is 10.7. The highest BCUT2D eigenvalue weighted by molar-refractivity contribution is 5.90. The molecule has 2 fully saturated rings. The second-order valence-corrected chi connectivity index (χ2v) is 9.57. The molecular weight excluding hydrogens is 478 g/mol. The molecule has 37 heavy (non-hydrogen) atoms. The summed E-state index contributed by atoms with van der Waals surface area (Å²) in [4.78, 5) is 29.1. The molecule has 0 radical (unpaired) electrons. The fraction of sp³-hybridized carbons (Fsp3) is 0.407. The first kappa shape index (κ1) is 24.9. The number of nitrogens with one attached hydrogen (secondary N) is 2. The number of benzene rings is 2. The van der Waals surface area contributed by atoms with Gasteiger partial charge in [0, 0.05) is 6.42 Å². The van der Waals surface area contributed by atoms with Crippen molar-refractivity contribution in [2.24, 2.45) is 0 Å². The number of anilines is 1. The molecule has 0 bridgehead atoms. The average molecular weight is 509 g/mol. The van der Waals surface area contributed by atoms with E-state index in [-0.39, 0.29) is 31.2 Å². The van der Waals surface area contributed by atoms with Crippen molar-refractivity contribution >= 4 is 17.6 Å². The molecule has 8 nitrogen and oxygen atoms in total. The molecule has 1 saturated heterocycles. The van der Waals surface area contributed by atoms with E-state index >= 15 is 0 Å². The van der Waals surface area contributed by atoms with E-state index in [2.05, 4.69) is 20.8 Å². The van der Waals surface area contributed by atoms with E-state index < -0.39 is 30.1 Å². The van der Waals surface area contributed by atoms with Crippen LogP contribution in [0.25, 0.3) is 0 Å². The van der Waals surface area contributed by atoms with Crippen molar-refractivity contribution in [1.82, 2.24) is 25.2 Å². The number of nitrogens with zero attached hydrogens (tertiary/aromatic N) is 4. The maximum Gasteiger partial charge on any atom is 0.243 e. The molecule has 1 saturated carbocycles. The lowest BCUT2D eigenvalue weighted by Crippen LogP contribution is -2.48. The van der Waals surface area contributed by atoms with Gasteiger partial charge in [-0.1, -0.05) is 42.5 Å². The summed E-state index contributed by atoms with van der Waals surface area (Å²) >= 11 is 0. The van der Waals surface area contributed by atoms with Gasteiger partial charge in [0.2, 0.25) is 11.8 Å². The number of alkyl halides is 1. The van der Waals surface area contributed by atoms with Crippen LogP contribution in [0.1, 0.15) is 54.8 Å². The van der Waals surface area contributed by atoms with Crippen LogP contribution in [-0.2, 0) is 16.1 Å². The minimum Gasteiger partial charge on any atom is -0.358 e. The van der Waals surface area contributed by atoms with Crippen molar-refractivity contribution in [3.05, 3.63) is 77.2 Å². The van der Waals surface area contributed by atoms with Gasteiger partial charge in [0.05, 0.1) is 31.9 Å². The number of amides is 2. The Balaban J connectivity index is 1.32. The third-order valence-corrected chi connectivity index (χ3v) is 6.91. The van der Waals surface area contributed by atoms with Gasteiger partial charge in [0.1, 0.15) is 18.0 Å². The van der Waals surface area contributed by atoms with Crippen molar-refractivity contribution in [2.75, 3.05) is 18.4 Å². The molecule has 2 heterocycles. The Hall–Kier alpha value is -3.82. The molecule has 0 unspecified atom stereocenters. The molecule has 10 heteroatoms. The lowest BCUT2D eigenvalue weighted by Gasteiger charge is -2.27. The Bertz CT molecular complexity index is 1260. The summed E-state index contributed by atoms with van der Waals surface area (Å²) in [7, 11) is 0. The number of aromatic nitrogens is 3. The van der Waals surface area contributed by atoms with Crippen LogP contribution in [0.5, 0.6) is 0 Å². The number of hydrogen-bond donors (Lipinski definition) is 2. The van der Waals surface area contributed by atoms with E-state index in [4.69, 9.17) is 0 Å². The lowest BCUT2D eigenvalue weighted by molar-refractivity contribution is -0.137. The first-order valence-corrected chi connectivity index (χ1v) is 12.6. The van der Waals surface area contributed by atoms with E-state index in [0.717, 1.165) is 18.4 Å². The van der Waals surface area contributed by atoms with Gasteiger partial charge >= 0.3 is 0 Å². The molecule has 2 aliphatic rings. The largest absolute Gasteiger partial charge is 0.358 e. The zero-order valence-electron chi connectivity index (χ0n) is 20.6. The number of halogens is 2. The standard InChI is InChI=1S/C27H30F2N6O2/c1-2-35-31-14-24(33-35)30-15-25(36)34-16-20(28)13-23(34)27(37)32-26(18-6-4-3-5-7-18)19-10-11-21(17-8-9-17)22(29)12-19/h3-7,10-12,14,17,20,23,26H,2,8-9,13,15-16H2,1H3,(H,30,33)(H,32,37)/t20-,23+,26+/m1/s1. The van der Waals surface area contributed by atoms with Crippen LogP contribution in [0, 0.1) is 5.82 Å². The summed E-state index contributed by atoms with van der Waals surface area (Å²) in [6.07, 6.45) is 2.06. The van der Waals surface area contributed by atoms with Crippen LogP contribution in [0.15, 0.2) is 54.7 Å². The highest BCUT2D eigenvalue weighted by Crippen LogP contribution is 2.42. The van der Waals surface area contributed by atoms with Crippen LogP contribution in [-0.4, -0.2) is 57.0 Å². The highest BCUT2D eigenvalue weighted by Gasteiger charge is 2.40. The molecule has 3 atom stereocenters. The SMILES string of the molecule is CCn1ncc(NCC(=O)N2C[C@H](F)C[C@H]2C(=O)N[C@@H](c2ccccc2)c2ccc(C3CC3)c(F)c2)n1. The van der Waals surface area contributed by atoms with Crippen LogP contribution in [0.3, 0.4) is 0 Å². The van der Waals surface area contributed by atoms with Crippen molar-refractivity contribution < 1.29 is 18.4 Å². The number of carbonyl (C=O) groups is 2. The Labute approximate surface area is 214 Å². The van der Waals surface area contributed by atoms with Crippen LogP contribution in [0.2, 0.25) is 0 Å². The van der Waals surface area contributed by atoms with E-state index in [1.54, 1.807) is 6.07 Å². The molecule has 1 aromatic heterocycles. The first-order chi connectivity index (χ1) is 17.9. The fourth-order valence-electron chi connectivity index (χ4n) is 4.80. The molecule has 0 spiro atoms. The second-order valence-electron chi connectivity index (χ2n) is 9.57. The average Bonchev–Trinajstić information content (AvgIpc) is 3.50. The Morgan fingerprint density at radius 2 is 1.92 bits per heavy atom. The van der Waals surface area contributed by atoms with Gasteiger partial charge < -0.3 is 15.5 Å². The van der Waals surface area contributed by atoms with Crippen LogP contribution >= 0.6 is 0 Å². The quantitative estimate of drug-likeness (QED) is 0.461. The van der Waals surface area contributed by atoms with Gasteiger partial charge in [-0.3, -0.25) is 9.59 Å². The van der Waals surface area contributed by atoms with Crippen molar-refractivity contribution in [2.45, 2.75) is 56.9 Å². The Morgan fingerprint density at radius 3 is 2.59 bits per heavy atom. The Kier molecular flexibility index (Phi) is 7.16. The predicted molar refractivity (Wildman–Crippen MR) is 134 cm³/mol. The van der Waals surface area contributed by atoms with E-state index in [1.165, 1.54) is 22.0 Å². The minimum absolute atomic E-state index is 0.0971. The summed E-state index contributed by atoms with van der Waals surface area (Å²) in [5, 5.41) is 14.1. The number of likely N-dealkylation sites (tertiary alicyclic amines) is 1. The minimum atomic E-state index is -1.31. The number of carbonyl (C=O) groups excluding carboxylic acids is 2. The van der Waals surface area contributed by atoms with Crippen LogP contribution < -0.4 is 10.6 Å². The first-order valence-electron chi connectivity index (χ1n) is 12.6.